The van der Waals surface area contributed by atoms with Gasteiger partial charge in [0.05, 0.1) is 0 Å². The van der Waals surface area contributed by atoms with Gasteiger partial charge in [0.1, 0.15) is 0 Å². The predicted molar refractivity (Wildman–Crippen MR) is 70.7 cm³/mol. The minimum Gasteiger partial charge on any atom is -0.326 e. The van der Waals surface area contributed by atoms with Crippen LogP contribution in [-0.2, 0) is 0 Å². The summed E-state index contributed by atoms with van der Waals surface area (Å²) in [5.41, 5.74) is 5.96. The number of nitrogens with zero attached hydrogens (tertiary/aromatic N) is 2. The second-order valence-electron chi connectivity index (χ2n) is 5.94. The highest BCUT2D eigenvalue weighted by Gasteiger charge is 2.13. The van der Waals surface area contributed by atoms with Crippen LogP contribution in [0.2, 0.25) is 0 Å². The van der Waals surface area contributed by atoms with Gasteiger partial charge in [-0.25, -0.2) is 0 Å². The molecule has 1 rings (SSSR count). The number of nitrogens with two attached hydrogens (primary N) is 1. The van der Waals surface area contributed by atoms with Gasteiger partial charge in [-0.1, -0.05) is 0 Å². The van der Waals surface area contributed by atoms with E-state index in [1.807, 2.05) is 0 Å². The minimum absolute atomic E-state index is 0.00417. The Kier molecular flexibility index (Phi) is 5.73. The van der Waals surface area contributed by atoms with E-state index in [9.17, 15) is 0 Å². The molecule has 0 amide bonds. The van der Waals surface area contributed by atoms with Gasteiger partial charge in [0, 0.05) is 18.6 Å². The van der Waals surface area contributed by atoms with E-state index in [1.165, 1.54) is 52.0 Å². The number of rotatable bonds is 7. The van der Waals surface area contributed by atoms with Gasteiger partial charge in [-0.3, -0.25) is 0 Å². The van der Waals surface area contributed by atoms with Gasteiger partial charge in [0.25, 0.3) is 0 Å². The van der Waals surface area contributed by atoms with E-state index in [1.54, 1.807) is 0 Å². The molecule has 0 bridgehead atoms. The van der Waals surface area contributed by atoms with Crippen LogP contribution in [0.4, 0.5) is 0 Å². The molecular weight excluding hydrogens is 198 g/mol. The summed E-state index contributed by atoms with van der Waals surface area (Å²) in [6.07, 6.45) is 5.11. The lowest BCUT2D eigenvalue weighted by molar-refractivity contribution is 0.249. The van der Waals surface area contributed by atoms with Gasteiger partial charge < -0.3 is 15.5 Å². The van der Waals surface area contributed by atoms with E-state index in [0.717, 1.165) is 6.42 Å². The van der Waals surface area contributed by atoms with E-state index >= 15 is 0 Å². The van der Waals surface area contributed by atoms with Gasteiger partial charge in [-0.2, -0.15) is 0 Å². The predicted octanol–water partition coefficient (Wildman–Crippen LogP) is 1.53. The second kappa shape index (κ2) is 6.58. The molecule has 0 aromatic heterocycles. The zero-order valence-electron chi connectivity index (χ0n) is 11.3. The fraction of sp³-hybridized carbons (Fsp3) is 1.00. The normalized spacial score (nSPS) is 18.6. The average molecular weight is 227 g/mol. The zero-order valence-corrected chi connectivity index (χ0v) is 11.3. The second-order valence-corrected chi connectivity index (χ2v) is 5.94. The molecule has 1 heterocycles. The molecule has 0 aromatic rings. The summed E-state index contributed by atoms with van der Waals surface area (Å²) < 4.78 is 0. The van der Waals surface area contributed by atoms with Crippen molar-refractivity contribution in [3.63, 3.8) is 0 Å². The van der Waals surface area contributed by atoms with Gasteiger partial charge in [0.2, 0.25) is 0 Å². The molecule has 2 N–H and O–H groups in total. The standard InChI is InChI=1S/C13H29N3/c1-13(2,14)7-6-8-15(3)11-12-16-9-4-5-10-16/h4-12,14H2,1-3H3. The summed E-state index contributed by atoms with van der Waals surface area (Å²) in [4.78, 5) is 5.01. The van der Waals surface area contributed by atoms with E-state index in [-0.39, 0.29) is 5.54 Å². The summed E-state index contributed by atoms with van der Waals surface area (Å²) in [5.74, 6) is 0. The summed E-state index contributed by atoms with van der Waals surface area (Å²) in [6, 6.07) is 0. The molecule has 1 fully saturated rings. The number of likely N-dealkylation sites (tertiary alicyclic amines) is 1. The highest BCUT2D eigenvalue weighted by Crippen LogP contribution is 2.08. The SMILES string of the molecule is CN(CCCC(C)(C)N)CCN1CCCC1. The first kappa shape index (κ1) is 13.9. The fourth-order valence-corrected chi connectivity index (χ4v) is 2.23. The van der Waals surface area contributed by atoms with Crippen molar-refractivity contribution < 1.29 is 0 Å². The summed E-state index contributed by atoms with van der Waals surface area (Å²) in [7, 11) is 2.22. The third-order valence-corrected chi connectivity index (χ3v) is 3.36. The molecule has 16 heavy (non-hydrogen) atoms. The van der Waals surface area contributed by atoms with Crippen LogP contribution in [0.1, 0.15) is 39.5 Å². The molecule has 1 aliphatic rings. The van der Waals surface area contributed by atoms with Crippen LogP contribution in [0.25, 0.3) is 0 Å². The maximum atomic E-state index is 5.97. The lowest BCUT2D eigenvalue weighted by atomic mass is 10.0. The smallest absolute Gasteiger partial charge is 0.0109 e. The van der Waals surface area contributed by atoms with Crippen molar-refractivity contribution in [1.29, 1.82) is 0 Å². The highest BCUT2D eigenvalue weighted by molar-refractivity contribution is 4.72. The molecule has 0 spiro atoms. The lowest BCUT2D eigenvalue weighted by Gasteiger charge is -2.23. The van der Waals surface area contributed by atoms with Crippen molar-refractivity contribution in [2.75, 3.05) is 39.8 Å². The van der Waals surface area contributed by atoms with Crippen LogP contribution in [-0.4, -0.2) is 55.1 Å². The Morgan fingerprint density at radius 1 is 1.19 bits per heavy atom. The largest absolute Gasteiger partial charge is 0.326 e. The zero-order chi connectivity index (χ0) is 12.0. The minimum atomic E-state index is -0.00417. The number of hydrogen-bond acceptors (Lipinski definition) is 3. The molecule has 0 aliphatic carbocycles. The van der Waals surface area contributed by atoms with Crippen LogP contribution in [0, 0.1) is 0 Å². The molecule has 3 heteroatoms. The topological polar surface area (TPSA) is 32.5 Å². The summed E-state index contributed by atoms with van der Waals surface area (Å²) >= 11 is 0. The quantitative estimate of drug-likeness (QED) is 0.716. The van der Waals surface area contributed by atoms with Crippen LogP contribution in [0.5, 0.6) is 0 Å². The van der Waals surface area contributed by atoms with Crippen LogP contribution >= 0.6 is 0 Å². The average Bonchev–Trinajstić information content (AvgIpc) is 2.65. The Bertz CT molecular complexity index is 180. The first-order valence-electron chi connectivity index (χ1n) is 6.67. The molecule has 1 aliphatic heterocycles. The van der Waals surface area contributed by atoms with Crippen LogP contribution in [0.15, 0.2) is 0 Å². The van der Waals surface area contributed by atoms with E-state index in [0.29, 0.717) is 0 Å². The number of hydrogen-bond donors (Lipinski definition) is 1. The molecule has 1 saturated heterocycles. The molecular formula is C13H29N3. The summed E-state index contributed by atoms with van der Waals surface area (Å²) in [6.45, 7) is 10.4. The van der Waals surface area contributed by atoms with E-state index in [4.69, 9.17) is 5.73 Å². The third kappa shape index (κ3) is 6.46. The molecule has 0 unspecified atom stereocenters. The first-order valence-corrected chi connectivity index (χ1v) is 6.67. The maximum absolute atomic E-state index is 5.97. The molecule has 3 nitrogen and oxygen atoms in total. The first-order chi connectivity index (χ1) is 7.47. The van der Waals surface area contributed by atoms with Crippen molar-refractivity contribution in [3.8, 4) is 0 Å². The Morgan fingerprint density at radius 2 is 1.81 bits per heavy atom. The van der Waals surface area contributed by atoms with Gasteiger partial charge in [-0.05, 0) is 66.2 Å². The Labute approximate surface area is 101 Å². The molecule has 0 aromatic carbocycles. The third-order valence-electron chi connectivity index (χ3n) is 3.36. The lowest BCUT2D eigenvalue weighted by Crippen LogP contribution is -2.35. The molecule has 0 saturated carbocycles. The van der Waals surface area contributed by atoms with E-state index in [2.05, 4.69) is 30.7 Å². The summed E-state index contributed by atoms with van der Waals surface area (Å²) in [5, 5.41) is 0. The monoisotopic (exact) mass is 227 g/mol. The van der Waals surface area contributed by atoms with Gasteiger partial charge in [-0.15, -0.1) is 0 Å². The Hall–Kier alpha value is -0.120. The highest BCUT2D eigenvalue weighted by atomic mass is 15.2. The van der Waals surface area contributed by atoms with Crippen molar-refractivity contribution >= 4 is 0 Å². The molecule has 96 valence electrons. The Morgan fingerprint density at radius 3 is 2.38 bits per heavy atom. The van der Waals surface area contributed by atoms with Crippen molar-refractivity contribution in [2.45, 2.75) is 45.1 Å². The number of likely N-dealkylation sites (N-methyl/N-ethyl adjacent to an activating group) is 1. The maximum Gasteiger partial charge on any atom is 0.0109 e. The van der Waals surface area contributed by atoms with E-state index < -0.39 is 0 Å². The van der Waals surface area contributed by atoms with Crippen molar-refractivity contribution in [1.82, 2.24) is 9.80 Å². The molecule has 0 atom stereocenters. The van der Waals surface area contributed by atoms with Gasteiger partial charge in [0.15, 0.2) is 0 Å². The fourth-order valence-electron chi connectivity index (χ4n) is 2.23. The van der Waals surface area contributed by atoms with Crippen molar-refractivity contribution in [2.24, 2.45) is 5.73 Å². The van der Waals surface area contributed by atoms with Crippen LogP contribution in [0.3, 0.4) is 0 Å². The van der Waals surface area contributed by atoms with Gasteiger partial charge >= 0.3 is 0 Å². The van der Waals surface area contributed by atoms with Crippen LogP contribution < -0.4 is 5.73 Å². The van der Waals surface area contributed by atoms with Crippen molar-refractivity contribution in [3.05, 3.63) is 0 Å². The molecule has 0 radical (unpaired) electrons. The Balaban J connectivity index is 2.00.